The highest BCUT2D eigenvalue weighted by Gasteiger charge is 2.20. The molecule has 0 aliphatic rings. The van der Waals surface area contributed by atoms with Crippen molar-refractivity contribution in [1.29, 1.82) is 0 Å². The summed E-state index contributed by atoms with van der Waals surface area (Å²) in [6.45, 7) is 6.27. The summed E-state index contributed by atoms with van der Waals surface area (Å²) in [5, 5.41) is 24.0. The second kappa shape index (κ2) is 8.63. The third-order valence-corrected chi connectivity index (χ3v) is 4.31. The number of pyridine rings is 1. The molecule has 7 nitrogen and oxygen atoms in total. The van der Waals surface area contributed by atoms with Crippen molar-refractivity contribution in [3.8, 4) is 0 Å². The zero-order chi connectivity index (χ0) is 17.5. The van der Waals surface area contributed by atoms with Crippen LogP contribution in [0.3, 0.4) is 0 Å². The molecule has 2 amide bonds. The van der Waals surface area contributed by atoms with Gasteiger partial charge in [0.1, 0.15) is 0 Å². The number of amides is 2. The summed E-state index contributed by atoms with van der Waals surface area (Å²) < 4.78 is 1.88. The van der Waals surface area contributed by atoms with E-state index in [9.17, 15) is 9.90 Å². The van der Waals surface area contributed by atoms with Crippen LogP contribution in [0.1, 0.15) is 51.9 Å². The molecule has 0 aliphatic carbocycles. The Kier molecular flexibility index (Phi) is 6.54. The Hall–Kier alpha value is -2.15. The highest BCUT2D eigenvalue weighted by Crippen LogP contribution is 2.17. The number of nitrogens with zero attached hydrogens (tertiary/aromatic N) is 3. The van der Waals surface area contributed by atoms with Crippen LogP contribution < -0.4 is 10.6 Å². The highest BCUT2D eigenvalue weighted by molar-refractivity contribution is 5.74. The van der Waals surface area contributed by atoms with E-state index in [0.29, 0.717) is 5.82 Å². The summed E-state index contributed by atoms with van der Waals surface area (Å²) >= 11 is 0. The van der Waals surface area contributed by atoms with E-state index in [0.717, 1.165) is 24.9 Å². The van der Waals surface area contributed by atoms with Crippen LogP contribution in [0.2, 0.25) is 0 Å². The van der Waals surface area contributed by atoms with Gasteiger partial charge in [0.2, 0.25) is 0 Å². The van der Waals surface area contributed by atoms with Crippen LogP contribution in [0, 0.1) is 5.92 Å². The van der Waals surface area contributed by atoms with E-state index in [-0.39, 0.29) is 24.5 Å². The number of urea groups is 1. The molecular formula is C17H27N5O2. The number of aromatic nitrogens is 3. The Balaban J connectivity index is 2.02. The highest BCUT2D eigenvalue weighted by atomic mass is 16.3. The first kappa shape index (κ1) is 18.2. The molecule has 2 aromatic rings. The van der Waals surface area contributed by atoms with Crippen molar-refractivity contribution in [1.82, 2.24) is 25.2 Å². The molecule has 0 spiro atoms. The van der Waals surface area contributed by atoms with Gasteiger partial charge in [-0.25, -0.2) is 4.79 Å². The number of nitrogens with one attached hydrogen (secondary N) is 2. The van der Waals surface area contributed by atoms with Gasteiger partial charge in [-0.3, -0.25) is 4.40 Å². The van der Waals surface area contributed by atoms with Gasteiger partial charge in [-0.05, 0) is 24.5 Å². The van der Waals surface area contributed by atoms with E-state index in [4.69, 9.17) is 0 Å². The van der Waals surface area contributed by atoms with Gasteiger partial charge in [0.25, 0.3) is 0 Å². The molecule has 0 aromatic carbocycles. The van der Waals surface area contributed by atoms with Crippen molar-refractivity contribution in [2.75, 3.05) is 6.54 Å². The second-order valence-electron chi connectivity index (χ2n) is 6.14. The normalized spacial score (nSPS) is 15.0. The predicted octanol–water partition coefficient (Wildman–Crippen LogP) is 2.28. The van der Waals surface area contributed by atoms with Crippen molar-refractivity contribution in [2.24, 2.45) is 5.92 Å². The summed E-state index contributed by atoms with van der Waals surface area (Å²) in [6, 6.07) is 5.16. The summed E-state index contributed by atoms with van der Waals surface area (Å²) in [7, 11) is 0. The lowest BCUT2D eigenvalue weighted by molar-refractivity contribution is 0.114. The van der Waals surface area contributed by atoms with Gasteiger partial charge < -0.3 is 15.7 Å². The fourth-order valence-electron chi connectivity index (χ4n) is 2.53. The van der Waals surface area contributed by atoms with Crippen molar-refractivity contribution in [3.05, 3.63) is 30.2 Å². The molecule has 0 bridgehead atoms. The molecule has 132 valence electrons. The van der Waals surface area contributed by atoms with E-state index in [2.05, 4.69) is 27.8 Å². The van der Waals surface area contributed by atoms with Gasteiger partial charge in [-0.2, -0.15) is 0 Å². The largest absolute Gasteiger partial charge is 0.391 e. The Morgan fingerprint density at radius 1 is 1.33 bits per heavy atom. The number of hydrogen-bond acceptors (Lipinski definition) is 4. The average molecular weight is 333 g/mol. The minimum atomic E-state index is -0.542. The number of aliphatic hydroxyl groups excluding tert-OH is 1. The Bertz CT molecular complexity index is 657. The quantitative estimate of drug-likeness (QED) is 0.691. The number of carbonyl (C=O) groups is 1. The van der Waals surface area contributed by atoms with Crippen molar-refractivity contribution < 1.29 is 9.90 Å². The van der Waals surface area contributed by atoms with E-state index in [1.807, 2.05) is 42.6 Å². The zero-order valence-electron chi connectivity index (χ0n) is 14.6. The van der Waals surface area contributed by atoms with Crippen molar-refractivity contribution in [2.45, 2.75) is 52.2 Å². The second-order valence-corrected chi connectivity index (χ2v) is 6.14. The smallest absolute Gasteiger partial charge is 0.315 e. The number of fused-ring (bicyclic) bond motifs is 1. The summed E-state index contributed by atoms with van der Waals surface area (Å²) in [6.07, 6.45) is 3.88. The van der Waals surface area contributed by atoms with Gasteiger partial charge in [-0.15, -0.1) is 10.2 Å². The standard InChI is InChI=1S/C17H27N5O2/c1-4-8-13(16-21-20-15-9-6-7-10-22(15)16)19-17(24)18-11-14(23)12(3)5-2/h6-7,9-10,12-14,23H,4-5,8,11H2,1-3H3,(H2,18,19,24). The minimum Gasteiger partial charge on any atom is -0.391 e. The third kappa shape index (κ3) is 4.44. The van der Waals surface area contributed by atoms with Gasteiger partial charge in [0.05, 0.1) is 12.1 Å². The van der Waals surface area contributed by atoms with E-state index in [1.165, 1.54) is 0 Å². The summed E-state index contributed by atoms with van der Waals surface area (Å²) in [4.78, 5) is 12.2. The molecule has 3 N–H and O–H groups in total. The Morgan fingerprint density at radius 3 is 2.83 bits per heavy atom. The predicted molar refractivity (Wildman–Crippen MR) is 92.6 cm³/mol. The molecule has 0 radical (unpaired) electrons. The van der Waals surface area contributed by atoms with Crippen LogP contribution in [0.4, 0.5) is 4.79 Å². The lowest BCUT2D eigenvalue weighted by atomic mass is 10.0. The lowest BCUT2D eigenvalue weighted by Crippen LogP contribution is -2.43. The molecule has 2 aromatic heterocycles. The average Bonchev–Trinajstić information content (AvgIpc) is 3.02. The van der Waals surface area contributed by atoms with Crippen LogP contribution in [0.5, 0.6) is 0 Å². The molecule has 0 saturated heterocycles. The molecule has 2 rings (SSSR count). The first-order valence-electron chi connectivity index (χ1n) is 8.58. The van der Waals surface area contributed by atoms with Crippen LogP contribution in [-0.2, 0) is 0 Å². The van der Waals surface area contributed by atoms with Gasteiger partial charge >= 0.3 is 6.03 Å². The minimum absolute atomic E-state index is 0.150. The maximum absolute atomic E-state index is 12.2. The molecule has 0 saturated carbocycles. The zero-order valence-corrected chi connectivity index (χ0v) is 14.6. The van der Waals surface area contributed by atoms with Crippen molar-refractivity contribution in [3.63, 3.8) is 0 Å². The van der Waals surface area contributed by atoms with Gasteiger partial charge in [0.15, 0.2) is 11.5 Å². The summed E-state index contributed by atoms with van der Waals surface area (Å²) in [5.41, 5.74) is 0.753. The van der Waals surface area contributed by atoms with Crippen LogP contribution in [-0.4, -0.2) is 38.4 Å². The molecule has 0 fully saturated rings. The maximum Gasteiger partial charge on any atom is 0.315 e. The van der Waals surface area contributed by atoms with E-state index >= 15 is 0 Å². The van der Waals surface area contributed by atoms with Gasteiger partial charge in [0, 0.05) is 12.7 Å². The number of hydrogen-bond donors (Lipinski definition) is 3. The molecule has 3 unspecified atom stereocenters. The maximum atomic E-state index is 12.2. The first-order chi connectivity index (χ1) is 11.6. The van der Waals surface area contributed by atoms with E-state index < -0.39 is 6.10 Å². The summed E-state index contributed by atoms with van der Waals surface area (Å²) in [5.74, 6) is 0.863. The molecular weight excluding hydrogens is 306 g/mol. The molecule has 2 heterocycles. The number of carbonyl (C=O) groups excluding carboxylic acids is 1. The van der Waals surface area contributed by atoms with Crippen LogP contribution in [0.15, 0.2) is 24.4 Å². The number of aliphatic hydroxyl groups is 1. The molecule has 24 heavy (non-hydrogen) atoms. The number of rotatable bonds is 8. The SMILES string of the molecule is CCCC(NC(=O)NCC(O)C(C)CC)c1nnc2ccccn12. The lowest BCUT2D eigenvalue weighted by Gasteiger charge is -2.20. The Morgan fingerprint density at radius 2 is 2.12 bits per heavy atom. The third-order valence-electron chi connectivity index (χ3n) is 4.31. The fourth-order valence-corrected chi connectivity index (χ4v) is 2.53. The van der Waals surface area contributed by atoms with E-state index in [1.54, 1.807) is 0 Å². The first-order valence-corrected chi connectivity index (χ1v) is 8.58. The molecule has 7 heteroatoms. The fraction of sp³-hybridized carbons (Fsp3) is 0.588. The molecule has 3 atom stereocenters. The van der Waals surface area contributed by atoms with Crippen LogP contribution >= 0.6 is 0 Å². The Labute approximate surface area is 142 Å². The van der Waals surface area contributed by atoms with Gasteiger partial charge in [-0.1, -0.05) is 39.7 Å². The van der Waals surface area contributed by atoms with Crippen LogP contribution in [0.25, 0.3) is 5.65 Å². The molecule has 0 aliphatic heterocycles. The monoisotopic (exact) mass is 333 g/mol. The van der Waals surface area contributed by atoms with Crippen molar-refractivity contribution >= 4 is 11.7 Å². The topological polar surface area (TPSA) is 91.5 Å².